The first-order valence-corrected chi connectivity index (χ1v) is 9.87. The number of rotatable bonds is 0. The molecule has 4 rings (SSSR count). The van der Waals surface area contributed by atoms with Crippen LogP contribution in [-0.4, -0.2) is 0 Å². The molecule has 1 nitrogen and oxygen atoms in total. The number of nitrogens with zero attached hydrogens (tertiary/aromatic N) is 1. The maximum Gasteiger partial charge on any atom is 0.0695 e. The summed E-state index contributed by atoms with van der Waals surface area (Å²) in [6, 6.07) is 2.87. The molecule has 7 atom stereocenters. The number of hydrogen-bond donors (Lipinski definition) is 0. The molecule has 0 unspecified atom stereocenters. The second-order valence-electron chi connectivity index (χ2n) is 9.86. The summed E-state index contributed by atoms with van der Waals surface area (Å²) in [7, 11) is 0. The van der Waals surface area contributed by atoms with Gasteiger partial charge in [0.1, 0.15) is 0 Å². The van der Waals surface area contributed by atoms with Crippen LogP contribution in [0.1, 0.15) is 85.0 Å². The van der Waals surface area contributed by atoms with Crippen molar-refractivity contribution in [3.63, 3.8) is 0 Å². The van der Waals surface area contributed by atoms with Crippen molar-refractivity contribution in [1.82, 2.24) is 0 Å². The molecule has 0 aliphatic heterocycles. The molecule has 4 fully saturated rings. The summed E-state index contributed by atoms with van der Waals surface area (Å²) < 4.78 is 0. The van der Waals surface area contributed by atoms with Crippen molar-refractivity contribution in [2.45, 2.75) is 85.0 Å². The Balaban J connectivity index is 1.73. The van der Waals surface area contributed by atoms with E-state index in [0.717, 1.165) is 23.7 Å². The molecule has 4 saturated carbocycles. The first-order chi connectivity index (χ1) is 10.5. The maximum absolute atomic E-state index is 10.1. The van der Waals surface area contributed by atoms with Crippen LogP contribution in [0.15, 0.2) is 0 Å². The Morgan fingerprint density at radius 1 is 0.909 bits per heavy atom. The summed E-state index contributed by atoms with van der Waals surface area (Å²) in [6.45, 7) is 7.63. The zero-order valence-electron chi connectivity index (χ0n) is 14.8. The Morgan fingerprint density at radius 3 is 2.41 bits per heavy atom. The summed E-state index contributed by atoms with van der Waals surface area (Å²) in [4.78, 5) is 0. The monoisotopic (exact) mass is 299 g/mol. The SMILES string of the molecule is C[C@H]1CC[C@]2(C)CC[C@@H]3[C@@H](CC[C@@]4(C#N)CCCC[C@]34C)[C@H]12. The molecule has 0 radical (unpaired) electrons. The molecule has 4 aliphatic rings. The van der Waals surface area contributed by atoms with E-state index in [4.69, 9.17) is 0 Å². The van der Waals surface area contributed by atoms with Gasteiger partial charge in [0.05, 0.1) is 11.5 Å². The van der Waals surface area contributed by atoms with Gasteiger partial charge in [-0.05, 0) is 85.9 Å². The summed E-state index contributed by atoms with van der Waals surface area (Å²) in [5.41, 5.74) is 0.951. The third-order valence-electron chi connectivity index (χ3n) is 9.17. The number of hydrogen-bond acceptors (Lipinski definition) is 1. The largest absolute Gasteiger partial charge is 0.198 e. The fraction of sp³-hybridized carbons (Fsp3) is 0.952. The smallest absolute Gasteiger partial charge is 0.0695 e. The van der Waals surface area contributed by atoms with Gasteiger partial charge in [-0.1, -0.05) is 33.6 Å². The van der Waals surface area contributed by atoms with E-state index in [9.17, 15) is 5.26 Å². The molecular weight excluding hydrogens is 266 g/mol. The molecule has 22 heavy (non-hydrogen) atoms. The van der Waals surface area contributed by atoms with Crippen LogP contribution >= 0.6 is 0 Å². The highest BCUT2D eigenvalue weighted by molar-refractivity contribution is 5.18. The molecule has 0 aromatic heterocycles. The molecule has 0 aromatic carbocycles. The van der Waals surface area contributed by atoms with Crippen molar-refractivity contribution in [2.24, 2.45) is 39.9 Å². The maximum atomic E-state index is 10.1. The Hall–Kier alpha value is -0.510. The van der Waals surface area contributed by atoms with E-state index >= 15 is 0 Å². The standard InChI is InChI=1S/C21H33N/c1-15-6-11-19(2)12-8-17-16(18(15)19)7-13-21(14-22)10-5-4-9-20(17,21)3/h15-18H,4-13H2,1-3H3/t15-,16+,17+,18-,19+,20+,21+/m0/s1. The van der Waals surface area contributed by atoms with Crippen LogP contribution in [0.4, 0.5) is 0 Å². The van der Waals surface area contributed by atoms with Crippen molar-refractivity contribution < 1.29 is 0 Å². The van der Waals surface area contributed by atoms with Crippen molar-refractivity contribution >= 4 is 0 Å². The highest BCUT2D eigenvalue weighted by Gasteiger charge is 2.63. The fourth-order valence-corrected chi connectivity index (χ4v) is 7.99. The second kappa shape index (κ2) is 4.75. The molecule has 122 valence electrons. The van der Waals surface area contributed by atoms with Gasteiger partial charge < -0.3 is 0 Å². The average molecular weight is 300 g/mol. The van der Waals surface area contributed by atoms with E-state index in [1.807, 2.05) is 0 Å². The highest BCUT2D eigenvalue weighted by Crippen LogP contribution is 2.70. The van der Waals surface area contributed by atoms with Gasteiger partial charge in [0.2, 0.25) is 0 Å². The van der Waals surface area contributed by atoms with Crippen LogP contribution in [0.5, 0.6) is 0 Å². The number of fused-ring (bicyclic) bond motifs is 5. The lowest BCUT2D eigenvalue weighted by atomic mass is 9.40. The Morgan fingerprint density at radius 2 is 1.64 bits per heavy atom. The first kappa shape index (κ1) is 15.0. The molecule has 0 bridgehead atoms. The van der Waals surface area contributed by atoms with Crippen LogP contribution in [-0.2, 0) is 0 Å². The van der Waals surface area contributed by atoms with Crippen molar-refractivity contribution in [3.8, 4) is 6.07 Å². The van der Waals surface area contributed by atoms with Gasteiger partial charge in [0.25, 0.3) is 0 Å². The average Bonchev–Trinajstić information content (AvgIpc) is 2.82. The summed E-state index contributed by atoms with van der Waals surface area (Å²) in [6.07, 6.45) is 13.4. The van der Waals surface area contributed by atoms with Crippen molar-refractivity contribution in [3.05, 3.63) is 0 Å². The van der Waals surface area contributed by atoms with Crippen molar-refractivity contribution in [2.75, 3.05) is 0 Å². The molecular formula is C21H33N. The molecule has 0 spiro atoms. The lowest BCUT2D eigenvalue weighted by Crippen LogP contribution is -2.57. The van der Waals surface area contributed by atoms with Gasteiger partial charge in [-0.25, -0.2) is 0 Å². The molecule has 1 heteroatoms. The first-order valence-electron chi connectivity index (χ1n) is 9.87. The van der Waals surface area contributed by atoms with E-state index < -0.39 is 0 Å². The quantitative estimate of drug-likeness (QED) is 0.542. The van der Waals surface area contributed by atoms with Crippen LogP contribution < -0.4 is 0 Å². The van der Waals surface area contributed by atoms with Gasteiger partial charge in [0, 0.05) is 0 Å². The van der Waals surface area contributed by atoms with Crippen molar-refractivity contribution in [1.29, 1.82) is 5.26 Å². The second-order valence-corrected chi connectivity index (χ2v) is 9.86. The Bertz CT molecular complexity index is 505. The minimum atomic E-state index is 0.0159. The van der Waals surface area contributed by atoms with Gasteiger partial charge in [0.15, 0.2) is 0 Å². The molecule has 0 heterocycles. The van der Waals surface area contributed by atoms with Gasteiger partial charge in [-0.15, -0.1) is 0 Å². The molecule has 0 amide bonds. The van der Waals surface area contributed by atoms with E-state index in [1.165, 1.54) is 64.2 Å². The van der Waals surface area contributed by atoms with E-state index in [-0.39, 0.29) is 5.41 Å². The molecule has 0 saturated heterocycles. The fourth-order valence-electron chi connectivity index (χ4n) is 7.99. The number of nitriles is 1. The minimum absolute atomic E-state index is 0.0159. The van der Waals surface area contributed by atoms with Crippen LogP contribution in [0, 0.1) is 51.2 Å². The van der Waals surface area contributed by atoms with Crippen LogP contribution in [0.25, 0.3) is 0 Å². The summed E-state index contributed by atoms with van der Waals surface area (Å²) >= 11 is 0. The van der Waals surface area contributed by atoms with Crippen LogP contribution in [0.3, 0.4) is 0 Å². The van der Waals surface area contributed by atoms with Gasteiger partial charge >= 0.3 is 0 Å². The Labute approximate surface area is 136 Å². The predicted octanol–water partition coefficient (Wildman–Crippen LogP) is 5.95. The summed E-state index contributed by atoms with van der Waals surface area (Å²) in [5.74, 6) is 3.61. The normalized spacial score (nSPS) is 57.4. The molecule has 4 aliphatic carbocycles. The third kappa shape index (κ3) is 1.71. The van der Waals surface area contributed by atoms with E-state index in [0.29, 0.717) is 10.8 Å². The topological polar surface area (TPSA) is 23.8 Å². The molecule has 0 N–H and O–H groups in total. The zero-order chi connectivity index (χ0) is 15.6. The summed E-state index contributed by atoms with van der Waals surface area (Å²) in [5, 5.41) is 10.1. The lowest BCUT2D eigenvalue weighted by molar-refractivity contribution is -0.137. The zero-order valence-corrected chi connectivity index (χ0v) is 14.8. The predicted molar refractivity (Wildman–Crippen MR) is 90.1 cm³/mol. The lowest BCUT2D eigenvalue weighted by Gasteiger charge is -2.63. The van der Waals surface area contributed by atoms with Gasteiger partial charge in [-0.2, -0.15) is 5.26 Å². The highest BCUT2D eigenvalue weighted by atomic mass is 14.7. The molecule has 0 aromatic rings. The Kier molecular flexibility index (Phi) is 3.25. The van der Waals surface area contributed by atoms with Gasteiger partial charge in [-0.3, -0.25) is 0 Å². The van der Waals surface area contributed by atoms with E-state index in [2.05, 4.69) is 26.8 Å². The van der Waals surface area contributed by atoms with E-state index in [1.54, 1.807) is 0 Å². The minimum Gasteiger partial charge on any atom is -0.198 e. The third-order valence-corrected chi connectivity index (χ3v) is 9.17. The van der Waals surface area contributed by atoms with Crippen LogP contribution in [0.2, 0.25) is 0 Å².